The Morgan fingerprint density at radius 3 is 2.75 bits per heavy atom. The first kappa shape index (κ1) is 14.3. The molecule has 1 aliphatic heterocycles. The SMILES string of the molecule is NCC1CCCN(C(=O)Nc2ccc([N+](=O)[O-])cc2)C1. The lowest BCUT2D eigenvalue weighted by Crippen LogP contribution is -2.44. The number of piperidine rings is 1. The van der Waals surface area contributed by atoms with Crippen molar-refractivity contribution in [1.82, 2.24) is 4.90 Å². The third-order valence-corrected chi connectivity index (χ3v) is 3.47. The third kappa shape index (κ3) is 3.45. The van der Waals surface area contributed by atoms with Crippen LogP contribution in [0, 0.1) is 16.0 Å². The number of nitrogens with zero attached hydrogens (tertiary/aromatic N) is 2. The van der Waals surface area contributed by atoms with E-state index in [0.29, 0.717) is 24.7 Å². The van der Waals surface area contributed by atoms with Gasteiger partial charge in [-0.3, -0.25) is 10.1 Å². The summed E-state index contributed by atoms with van der Waals surface area (Å²) in [5.41, 5.74) is 6.20. The molecule has 0 aromatic heterocycles. The lowest BCUT2D eigenvalue weighted by molar-refractivity contribution is -0.384. The van der Waals surface area contributed by atoms with Gasteiger partial charge in [-0.15, -0.1) is 0 Å². The van der Waals surface area contributed by atoms with Crippen molar-refractivity contribution in [1.29, 1.82) is 0 Å². The smallest absolute Gasteiger partial charge is 0.321 e. The number of nitrogens with two attached hydrogens (primary N) is 1. The predicted molar refractivity (Wildman–Crippen MR) is 75.5 cm³/mol. The first-order valence-corrected chi connectivity index (χ1v) is 6.60. The van der Waals surface area contributed by atoms with Gasteiger partial charge in [-0.25, -0.2) is 4.79 Å². The Kier molecular flexibility index (Phi) is 4.52. The van der Waals surface area contributed by atoms with Crippen LogP contribution in [0.2, 0.25) is 0 Å². The molecule has 1 aliphatic rings. The minimum Gasteiger partial charge on any atom is -0.330 e. The molecule has 7 heteroatoms. The zero-order valence-corrected chi connectivity index (χ0v) is 11.1. The first-order chi connectivity index (χ1) is 9.60. The molecule has 20 heavy (non-hydrogen) atoms. The normalized spacial score (nSPS) is 18.6. The monoisotopic (exact) mass is 278 g/mol. The van der Waals surface area contributed by atoms with E-state index in [1.807, 2.05) is 0 Å². The van der Waals surface area contributed by atoms with Gasteiger partial charge in [-0.2, -0.15) is 0 Å². The summed E-state index contributed by atoms with van der Waals surface area (Å²) in [4.78, 5) is 23.9. The van der Waals surface area contributed by atoms with Crippen LogP contribution in [0.1, 0.15) is 12.8 Å². The second kappa shape index (κ2) is 6.33. The quantitative estimate of drug-likeness (QED) is 0.650. The van der Waals surface area contributed by atoms with E-state index in [0.717, 1.165) is 19.4 Å². The molecule has 0 aliphatic carbocycles. The number of non-ortho nitro benzene ring substituents is 1. The number of rotatable bonds is 3. The summed E-state index contributed by atoms with van der Waals surface area (Å²) < 4.78 is 0. The van der Waals surface area contributed by atoms with Gasteiger partial charge in [0.05, 0.1) is 4.92 Å². The second-order valence-corrected chi connectivity index (χ2v) is 4.92. The summed E-state index contributed by atoms with van der Waals surface area (Å²) in [5, 5.41) is 13.3. The van der Waals surface area contributed by atoms with Gasteiger partial charge in [0.1, 0.15) is 0 Å². The molecule has 0 bridgehead atoms. The minimum absolute atomic E-state index is 0.00386. The Morgan fingerprint density at radius 2 is 2.15 bits per heavy atom. The molecule has 1 heterocycles. The number of hydrogen-bond donors (Lipinski definition) is 2. The van der Waals surface area contributed by atoms with E-state index >= 15 is 0 Å². The average molecular weight is 278 g/mol. The molecule has 0 radical (unpaired) electrons. The number of nitrogens with one attached hydrogen (secondary N) is 1. The summed E-state index contributed by atoms with van der Waals surface area (Å²) in [6, 6.07) is 5.61. The number of nitro benzene ring substituents is 1. The molecule has 1 atom stereocenters. The molecular formula is C13H18N4O3. The maximum Gasteiger partial charge on any atom is 0.321 e. The molecule has 1 aromatic carbocycles. The van der Waals surface area contributed by atoms with E-state index < -0.39 is 4.92 Å². The van der Waals surface area contributed by atoms with Gasteiger partial charge >= 0.3 is 6.03 Å². The van der Waals surface area contributed by atoms with E-state index in [1.54, 1.807) is 4.90 Å². The van der Waals surface area contributed by atoms with Crippen LogP contribution in [-0.4, -0.2) is 35.5 Å². The average Bonchev–Trinajstić information content (AvgIpc) is 2.47. The van der Waals surface area contributed by atoms with Gasteiger partial charge < -0.3 is 16.0 Å². The molecule has 108 valence electrons. The summed E-state index contributed by atoms with van der Waals surface area (Å²) >= 11 is 0. The van der Waals surface area contributed by atoms with Crippen molar-refractivity contribution in [2.75, 3.05) is 25.0 Å². The van der Waals surface area contributed by atoms with E-state index in [4.69, 9.17) is 5.73 Å². The molecule has 0 saturated carbocycles. The number of nitro groups is 1. The molecule has 1 fully saturated rings. The molecule has 7 nitrogen and oxygen atoms in total. The number of hydrogen-bond acceptors (Lipinski definition) is 4. The third-order valence-electron chi connectivity index (χ3n) is 3.47. The van der Waals surface area contributed by atoms with Crippen molar-refractivity contribution in [3.63, 3.8) is 0 Å². The number of urea groups is 1. The fourth-order valence-corrected chi connectivity index (χ4v) is 2.31. The van der Waals surface area contributed by atoms with Crippen molar-refractivity contribution in [2.24, 2.45) is 11.7 Å². The van der Waals surface area contributed by atoms with Crippen molar-refractivity contribution >= 4 is 17.4 Å². The van der Waals surface area contributed by atoms with Crippen LogP contribution in [0.3, 0.4) is 0 Å². The fraction of sp³-hybridized carbons (Fsp3) is 0.462. The lowest BCUT2D eigenvalue weighted by atomic mass is 9.99. The van der Waals surface area contributed by atoms with Crippen LogP contribution >= 0.6 is 0 Å². The zero-order valence-electron chi connectivity index (χ0n) is 11.1. The van der Waals surface area contributed by atoms with E-state index in [-0.39, 0.29) is 11.7 Å². The number of amides is 2. The largest absolute Gasteiger partial charge is 0.330 e. The highest BCUT2D eigenvalue weighted by molar-refractivity contribution is 5.89. The van der Waals surface area contributed by atoms with Crippen LogP contribution in [0.4, 0.5) is 16.2 Å². The minimum atomic E-state index is -0.470. The predicted octanol–water partition coefficient (Wildman–Crippen LogP) is 1.80. The number of carbonyl (C=O) groups is 1. The molecular weight excluding hydrogens is 260 g/mol. The lowest BCUT2D eigenvalue weighted by Gasteiger charge is -2.32. The van der Waals surface area contributed by atoms with Crippen LogP contribution in [0.25, 0.3) is 0 Å². The highest BCUT2D eigenvalue weighted by Crippen LogP contribution is 2.18. The van der Waals surface area contributed by atoms with E-state index in [9.17, 15) is 14.9 Å². The van der Waals surface area contributed by atoms with Gasteiger partial charge in [0.25, 0.3) is 5.69 Å². The molecule has 2 rings (SSSR count). The zero-order chi connectivity index (χ0) is 14.5. The van der Waals surface area contributed by atoms with Gasteiger partial charge in [0.15, 0.2) is 0 Å². The van der Waals surface area contributed by atoms with Crippen molar-refractivity contribution in [3.8, 4) is 0 Å². The maximum atomic E-state index is 12.1. The number of anilines is 1. The Bertz CT molecular complexity index is 489. The summed E-state index contributed by atoms with van der Waals surface area (Å²) in [7, 11) is 0. The maximum absolute atomic E-state index is 12.1. The standard InChI is InChI=1S/C13H18N4O3/c14-8-10-2-1-7-16(9-10)13(18)15-11-3-5-12(6-4-11)17(19)20/h3-6,10H,1-2,7-9,14H2,(H,15,18). The fourth-order valence-electron chi connectivity index (χ4n) is 2.31. The first-order valence-electron chi connectivity index (χ1n) is 6.60. The van der Waals surface area contributed by atoms with Crippen LogP contribution in [0.5, 0.6) is 0 Å². The van der Waals surface area contributed by atoms with Crippen LogP contribution in [-0.2, 0) is 0 Å². The summed E-state index contributed by atoms with van der Waals surface area (Å²) in [6.45, 7) is 1.96. The van der Waals surface area contributed by atoms with Crippen molar-refractivity contribution in [2.45, 2.75) is 12.8 Å². The molecule has 1 aromatic rings. The molecule has 3 N–H and O–H groups in total. The number of likely N-dealkylation sites (tertiary alicyclic amines) is 1. The molecule has 0 spiro atoms. The second-order valence-electron chi connectivity index (χ2n) is 4.92. The van der Waals surface area contributed by atoms with Crippen molar-refractivity contribution in [3.05, 3.63) is 34.4 Å². The Morgan fingerprint density at radius 1 is 1.45 bits per heavy atom. The Labute approximate surface area is 116 Å². The highest BCUT2D eigenvalue weighted by Gasteiger charge is 2.22. The van der Waals surface area contributed by atoms with E-state index in [1.165, 1.54) is 24.3 Å². The molecule has 2 amide bonds. The van der Waals surface area contributed by atoms with E-state index in [2.05, 4.69) is 5.32 Å². The van der Waals surface area contributed by atoms with Gasteiger partial charge in [-0.1, -0.05) is 0 Å². The number of carbonyl (C=O) groups excluding carboxylic acids is 1. The van der Waals surface area contributed by atoms with Crippen molar-refractivity contribution < 1.29 is 9.72 Å². The van der Waals surface area contributed by atoms with Gasteiger partial charge in [0, 0.05) is 30.9 Å². The van der Waals surface area contributed by atoms with Gasteiger partial charge in [0.2, 0.25) is 0 Å². The highest BCUT2D eigenvalue weighted by atomic mass is 16.6. The summed E-state index contributed by atoms with van der Waals surface area (Å²) in [6.07, 6.45) is 2.01. The van der Waals surface area contributed by atoms with Crippen LogP contribution in [0.15, 0.2) is 24.3 Å². The summed E-state index contributed by atoms with van der Waals surface area (Å²) in [5.74, 6) is 0.353. The Hall–Kier alpha value is -2.15. The topological polar surface area (TPSA) is 102 Å². The van der Waals surface area contributed by atoms with Gasteiger partial charge in [-0.05, 0) is 37.4 Å². The van der Waals surface area contributed by atoms with Crippen LogP contribution < -0.4 is 11.1 Å². The Balaban J connectivity index is 1.95. The molecule has 1 unspecified atom stereocenters. The molecule has 1 saturated heterocycles. The number of benzene rings is 1.